The van der Waals surface area contributed by atoms with Crippen LogP contribution < -0.4 is 15.0 Å². The Balaban J connectivity index is 1.29. The van der Waals surface area contributed by atoms with E-state index in [2.05, 4.69) is 20.0 Å². The maximum atomic E-state index is 12.9. The number of rotatable bonds is 9. The van der Waals surface area contributed by atoms with Gasteiger partial charge in [-0.05, 0) is 61.0 Å². The molecule has 1 saturated heterocycles. The minimum Gasteiger partial charge on any atom is -0.406 e. The molecule has 0 saturated carbocycles. The molecule has 3 aromatic carbocycles. The molecule has 0 bridgehead atoms. The number of urea groups is 1. The molecule has 9 nitrogen and oxygen atoms in total. The molecule has 0 atom stereocenters. The number of halogens is 6. The van der Waals surface area contributed by atoms with Gasteiger partial charge in [0.05, 0.1) is 40.8 Å². The number of hydrogen-bond acceptors (Lipinski definition) is 6. The largest absolute Gasteiger partial charge is 0.573 e. The van der Waals surface area contributed by atoms with Crippen LogP contribution in [-0.2, 0) is 16.1 Å². The van der Waals surface area contributed by atoms with Gasteiger partial charge in [0.25, 0.3) is 6.43 Å². The van der Waals surface area contributed by atoms with Crippen molar-refractivity contribution in [3.8, 4) is 22.7 Å². The first kappa shape index (κ1) is 32.9. The first-order valence-electron chi connectivity index (χ1n) is 13.4. The number of hydrogen-bond donors (Lipinski definition) is 1. The van der Waals surface area contributed by atoms with E-state index >= 15 is 0 Å². The summed E-state index contributed by atoms with van der Waals surface area (Å²) >= 11 is 7.50. The number of ether oxygens (including phenoxy) is 2. The van der Waals surface area contributed by atoms with E-state index in [0.29, 0.717) is 28.2 Å². The maximum Gasteiger partial charge on any atom is 0.573 e. The summed E-state index contributed by atoms with van der Waals surface area (Å²) in [6.45, 7) is 0.867. The number of aliphatic imine (C=N–C) groups is 1. The average Bonchev–Trinajstić information content (AvgIpc) is 3.61. The lowest BCUT2D eigenvalue weighted by molar-refractivity contribution is -0.274. The van der Waals surface area contributed by atoms with Crippen molar-refractivity contribution in [1.29, 1.82) is 0 Å². The van der Waals surface area contributed by atoms with Gasteiger partial charge in [-0.25, -0.2) is 18.6 Å². The lowest BCUT2D eigenvalue weighted by atomic mass is 10.1. The fourth-order valence-corrected chi connectivity index (χ4v) is 5.46. The van der Waals surface area contributed by atoms with Crippen molar-refractivity contribution < 1.29 is 41.0 Å². The van der Waals surface area contributed by atoms with Crippen LogP contribution in [0, 0.1) is 6.92 Å². The van der Waals surface area contributed by atoms with Crippen LogP contribution in [0.3, 0.4) is 0 Å². The monoisotopic (exact) mass is 679 g/mol. The normalized spacial score (nSPS) is 14.4. The van der Waals surface area contributed by atoms with Crippen LogP contribution in [0.2, 0.25) is 5.02 Å². The number of imidazole rings is 1. The van der Waals surface area contributed by atoms with E-state index in [-0.39, 0.29) is 39.9 Å². The zero-order valence-corrected chi connectivity index (χ0v) is 25.3. The highest BCUT2D eigenvalue weighted by molar-refractivity contribution is 8.15. The lowest BCUT2D eigenvalue weighted by Crippen LogP contribution is -2.31. The minimum absolute atomic E-state index is 0.0191. The summed E-state index contributed by atoms with van der Waals surface area (Å²) < 4.78 is 73.1. The first-order chi connectivity index (χ1) is 21.9. The topological polar surface area (TPSA) is 98.1 Å². The molecule has 0 spiro atoms. The summed E-state index contributed by atoms with van der Waals surface area (Å²) in [5.41, 5.74) is 3.50. The Labute approximate surface area is 268 Å². The number of aryl methyl sites for hydroxylation is 1. The van der Waals surface area contributed by atoms with E-state index in [9.17, 15) is 31.5 Å². The van der Waals surface area contributed by atoms with E-state index in [1.165, 1.54) is 35.5 Å². The number of amides is 3. The van der Waals surface area contributed by atoms with E-state index < -0.39 is 25.4 Å². The number of amidine groups is 1. The molecule has 1 aliphatic rings. The summed E-state index contributed by atoms with van der Waals surface area (Å²) in [7, 11) is 0. The molecule has 16 heteroatoms. The third-order valence-corrected chi connectivity index (χ3v) is 7.64. The predicted octanol–water partition coefficient (Wildman–Crippen LogP) is 7.85. The van der Waals surface area contributed by atoms with Crippen molar-refractivity contribution in [2.24, 2.45) is 4.99 Å². The third kappa shape index (κ3) is 8.21. The predicted molar refractivity (Wildman–Crippen MR) is 164 cm³/mol. The molecular formula is C30H23ClF5N5O4S. The number of benzene rings is 3. The zero-order chi connectivity index (χ0) is 33.0. The summed E-state index contributed by atoms with van der Waals surface area (Å²) in [6, 6.07) is 14.3. The van der Waals surface area contributed by atoms with Crippen molar-refractivity contribution in [2.45, 2.75) is 26.3 Å². The molecule has 4 aromatic rings. The van der Waals surface area contributed by atoms with Crippen molar-refractivity contribution in [3.63, 3.8) is 0 Å². The standard InChI is InChI=1S/C30H23ClF5N5O4S/c1-17-2-3-19(13-44-14-26(32)33)25(10-17)41-27(42)15-46-29(41)39-28(43)38-23-9-6-20(11-22(23)31)40-12-24(37-16-40)18-4-7-21(8-5-18)45-30(34,35)36/h2-12,16,26H,13-15H2,1H3,(H,38,43)/b39-29-. The van der Waals surface area contributed by atoms with Crippen LogP contribution in [0.25, 0.3) is 16.9 Å². The van der Waals surface area contributed by atoms with Crippen LogP contribution >= 0.6 is 23.4 Å². The Morgan fingerprint density at radius 3 is 2.59 bits per heavy atom. The number of alkyl halides is 5. The molecule has 1 aliphatic heterocycles. The summed E-state index contributed by atoms with van der Waals surface area (Å²) in [5.74, 6) is -0.677. The van der Waals surface area contributed by atoms with Crippen LogP contribution in [-0.4, -0.2) is 51.8 Å². The van der Waals surface area contributed by atoms with Crippen molar-refractivity contribution in [3.05, 3.63) is 89.3 Å². The van der Waals surface area contributed by atoms with Crippen LogP contribution in [0.5, 0.6) is 5.75 Å². The zero-order valence-electron chi connectivity index (χ0n) is 23.7. The molecule has 0 unspecified atom stereocenters. The van der Waals surface area contributed by atoms with Crippen LogP contribution in [0.4, 0.5) is 38.1 Å². The van der Waals surface area contributed by atoms with Gasteiger partial charge in [-0.1, -0.05) is 35.5 Å². The number of nitrogens with one attached hydrogen (secondary N) is 1. The maximum absolute atomic E-state index is 12.9. The number of carbonyl (C=O) groups is 2. The SMILES string of the molecule is Cc1ccc(COCC(F)F)c(N2C(=O)CS/C2=N\C(=O)Nc2ccc(-n3cnc(-c4ccc(OC(F)(F)F)cc4)c3)cc2Cl)c1. The molecule has 1 fully saturated rings. The molecule has 1 aromatic heterocycles. The number of anilines is 2. The average molecular weight is 680 g/mol. The van der Waals surface area contributed by atoms with Gasteiger partial charge < -0.3 is 19.4 Å². The Morgan fingerprint density at radius 2 is 1.89 bits per heavy atom. The van der Waals surface area contributed by atoms with E-state index in [1.54, 1.807) is 54.1 Å². The van der Waals surface area contributed by atoms with Gasteiger partial charge in [0.15, 0.2) is 5.17 Å². The minimum atomic E-state index is -4.79. The van der Waals surface area contributed by atoms with Crippen molar-refractivity contribution >= 4 is 51.8 Å². The smallest absolute Gasteiger partial charge is 0.406 e. The second kappa shape index (κ2) is 13.9. The molecule has 0 aliphatic carbocycles. The second-order valence-corrected chi connectivity index (χ2v) is 11.1. The molecule has 0 radical (unpaired) electrons. The first-order valence-corrected chi connectivity index (χ1v) is 14.7. The molecule has 3 amide bonds. The van der Waals surface area contributed by atoms with Crippen molar-refractivity contribution in [2.75, 3.05) is 22.6 Å². The second-order valence-electron chi connectivity index (χ2n) is 9.78. The fourth-order valence-electron chi connectivity index (χ4n) is 4.38. The number of nitrogens with zero attached hydrogens (tertiary/aromatic N) is 4. The molecule has 2 heterocycles. The summed E-state index contributed by atoms with van der Waals surface area (Å²) in [6.07, 6.45) is -4.30. The fraction of sp³-hybridized carbons (Fsp3) is 0.200. The van der Waals surface area contributed by atoms with Gasteiger partial charge in [0.2, 0.25) is 5.91 Å². The van der Waals surface area contributed by atoms with E-state index in [4.69, 9.17) is 16.3 Å². The highest BCUT2D eigenvalue weighted by Crippen LogP contribution is 2.32. The number of thioether (sulfide) groups is 1. The van der Waals surface area contributed by atoms with Gasteiger partial charge in [0.1, 0.15) is 12.4 Å². The molecular weight excluding hydrogens is 657 g/mol. The van der Waals surface area contributed by atoms with E-state index in [0.717, 1.165) is 17.3 Å². The van der Waals surface area contributed by atoms with Crippen LogP contribution in [0.1, 0.15) is 11.1 Å². The van der Waals surface area contributed by atoms with Gasteiger partial charge in [-0.15, -0.1) is 13.2 Å². The van der Waals surface area contributed by atoms with E-state index in [1.807, 2.05) is 0 Å². The highest BCUT2D eigenvalue weighted by Gasteiger charge is 2.33. The van der Waals surface area contributed by atoms with Gasteiger partial charge in [-0.3, -0.25) is 9.69 Å². The molecule has 240 valence electrons. The Hall–Kier alpha value is -4.47. The molecule has 46 heavy (non-hydrogen) atoms. The van der Waals surface area contributed by atoms with Crippen molar-refractivity contribution in [1.82, 2.24) is 9.55 Å². The van der Waals surface area contributed by atoms with Gasteiger partial charge in [-0.2, -0.15) is 4.99 Å². The quantitative estimate of drug-likeness (QED) is 0.181. The van der Waals surface area contributed by atoms with Gasteiger partial charge >= 0.3 is 12.4 Å². The summed E-state index contributed by atoms with van der Waals surface area (Å²) in [5, 5.41) is 2.86. The Morgan fingerprint density at radius 1 is 1.13 bits per heavy atom. The molecule has 1 N–H and O–H groups in total. The third-order valence-electron chi connectivity index (χ3n) is 6.40. The van der Waals surface area contributed by atoms with Crippen LogP contribution in [0.15, 0.2) is 78.2 Å². The lowest BCUT2D eigenvalue weighted by Gasteiger charge is -2.20. The Kier molecular flexibility index (Phi) is 9.94. The number of carbonyl (C=O) groups excluding carboxylic acids is 2. The molecule has 5 rings (SSSR count). The number of aromatic nitrogens is 2. The Bertz CT molecular complexity index is 1780. The van der Waals surface area contributed by atoms with Gasteiger partial charge in [0, 0.05) is 23.0 Å². The highest BCUT2D eigenvalue weighted by atomic mass is 35.5. The summed E-state index contributed by atoms with van der Waals surface area (Å²) in [4.78, 5) is 35.4.